The van der Waals surface area contributed by atoms with E-state index in [0.29, 0.717) is 32.1 Å². The molecule has 16 heteroatoms. The topological polar surface area (TPSA) is 216 Å². The van der Waals surface area contributed by atoms with Crippen molar-refractivity contribution in [3.8, 4) is 0 Å². The number of allylic oxidation sites excluding steroid dienone is 8. The number of esters is 2. The van der Waals surface area contributed by atoms with Gasteiger partial charge in [0.1, 0.15) is 12.7 Å². The van der Waals surface area contributed by atoms with Gasteiger partial charge in [0.2, 0.25) is 0 Å². The van der Waals surface area contributed by atoms with Crippen LogP contribution < -0.4 is 0 Å². The Kier molecular flexibility index (Phi) is 38.1. The first-order valence-corrected chi connectivity index (χ1v) is 25.1. The third-order valence-corrected chi connectivity index (χ3v) is 10.4. The molecule has 0 aliphatic carbocycles. The number of ether oxygens (including phenoxy) is 2. The van der Waals surface area contributed by atoms with E-state index in [1.807, 2.05) is 36.5 Å². The first kappa shape index (κ1) is 57.8. The van der Waals surface area contributed by atoms with E-state index in [2.05, 4.69) is 41.1 Å². The zero-order valence-corrected chi connectivity index (χ0v) is 38.2. The van der Waals surface area contributed by atoms with Gasteiger partial charge in [-0.1, -0.05) is 139 Å². The lowest BCUT2D eigenvalue weighted by Gasteiger charge is -2.20. The summed E-state index contributed by atoms with van der Waals surface area (Å²) in [5.41, 5.74) is 0. The van der Waals surface area contributed by atoms with Gasteiger partial charge in [-0.05, 0) is 70.6 Å². The number of phosphoric ester groups is 2. The van der Waals surface area contributed by atoms with Crippen LogP contribution >= 0.6 is 15.6 Å². The van der Waals surface area contributed by atoms with E-state index in [4.69, 9.17) is 23.8 Å². The minimum Gasteiger partial charge on any atom is -0.462 e. The molecule has 0 fully saturated rings. The van der Waals surface area contributed by atoms with Gasteiger partial charge in [0.15, 0.2) is 6.10 Å². The lowest BCUT2D eigenvalue weighted by Crippen LogP contribution is -2.29. The van der Waals surface area contributed by atoms with E-state index in [-0.39, 0.29) is 12.8 Å². The highest BCUT2D eigenvalue weighted by molar-refractivity contribution is 7.47. The predicted octanol–water partition coefficient (Wildman–Crippen LogP) is 10.2. The van der Waals surface area contributed by atoms with Gasteiger partial charge in [0.25, 0.3) is 0 Å². The molecule has 0 aromatic heterocycles. The van der Waals surface area contributed by atoms with Crippen LogP contribution in [0.1, 0.15) is 162 Å². The second-order valence-corrected chi connectivity index (χ2v) is 17.5. The smallest absolute Gasteiger partial charge is 0.462 e. The molecule has 0 aromatic carbocycles. The normalized spacial score (nSPS) is 15.1. The molecule has 5 N–H and O–H groups in total. The molecule has 60 heavy (non-hydrogen) atoms. The van der Waals surface area contributed by atoms with Crippen LogP contribution in [0.3, 0.4) is 0 Å². The predicted molar refractivity (Wildman–Crippen MR) is 236 cm³/mol. The summed E-state index contributed by atoms with van der Waals surface area (Å²) in [5, 5.41) is 19.8. The van der Waals surface area contributed by atoms with Crippen molar-refractivity contribution in [3.63, 3.8) is 0 Å². The molecule has 0 saturated carbocycles. The Morgan fingerprint density at radius 2 is 1.07 bits per heavy atom. The summed E-state index contributed by atoms with van der Waals surface area (Å²) in [4.78, 5) is 52.7. The lowest BCUT2D eigenvalue weighted by atomic mass is 10.1. The van der Waals surface area contributed by atoms with Gasteiger partial charge < -0.3 is 34.4 Å². The average Bonchev–Trinajstić information content (AvgIpc) is 3.20. The summed E-state index contributed by atoms with van der Waals surface area (Å²) in [7, 11) is -9.72. The maximum absolute atomic E-state index is 12.6. The van der Waals surface area contributed by atoms with Gasteiger partial charge in [0.05, 0.1) is 25.9 Å². The fraction of sp³-hybridized carbons (Fsp3) is 0.727. The SMILES string of the molecule is CCCCC/C=C\C=C/[C@H](O)C/C=C\C/C=C/CCCC(=O)O[C@H](COC(=O)CCCCCCC/C=C\CCCCCCCC)COP(=O)(O)OC[C@@H](O)COP(=O)(O)O. The maximum Gasteiger partial charge on any atom is 0.472 e. The second-order valence-electron chi connectivity index (χ2n) is 14.8. The summed E-state index contributed by atoms with van der Waals surface area (Å²) in [6.07, 6.45) is 38.1. The van der Waals surface area contributed by atoms with Crippen LogP contribution in [0.15, 0.2) is 60.8 Å². The summed E-state index contributed by atoms with van der Waals surface area (Å²) < 4.78 is 47.7. The zero-order valence-electron chi connectivity index (χ0n) is 36.4. The van der Waals surface area contributed by atoms with Crippen molar-refractivity contribution in [3.05, 3.63) is 60.8 Å². The molecule has 0 aliphatic heterocycles. The lowest BCUT2D eigenvalue weighted by molar-refractivity contribution is -0.161. The van der Waals surface area contributed by atoms with Gasteiger partial charge in [-0.3, -0.25) is 23.2 Å². The number of carbonyl (C=O) groups excluding carboxylic acids is 2. The molecule has 0 bridgehead atoms. The van der Waals surface area contributed by atoms with Crippen LogP contribution in [0.4, 0.5) is 0 Å². The van der Waals surface area contributed by atoms with Crippen LogP contribution in [0.25, 0.3) is 0 Å². The molecule has 0 heterocycles. The number of rotatable bonds is 41. The van der Waals surface area contributed by atoms with Crippen molar-refractivity contribution in [2.75, 3.05) is 26.4 Å². The van der Waals surface area contributed by atoms with Crippen LogP contribution in [0.2, 0.25) is 0 Å². The Morgan fingerprint density at radius 1 is 0.550 bits per heavy atom. The highest BCUT2D eigenvalue weighted by Crippen LogP contribution is 2.43. The van der Waals surface area contributed by atoms with Crippen molar-refractivity contribution in [2.45, 2.75) is 180 Å². The first-order valence-electron chi connectivity index (χ1n) is 22.1. The molecule has 348 valence electrons. The quantitative estimate of drug-likeness (QED) is 0.0127. The highest BCUT2D eigenvalue weighted by Gasteiger charge is 2.28. The van der Waals surface area contributed by atoms with Crippen LogP contribution in [0.5, 0.6) is 0 Å². The van der Waals surface area contributed by atoms with E-state index in [9.17, 15) is 33.8 Å². The Bertz CT molecular complexity index is 1310. The van der Waals surface area contributed by atoms with Gasteiger partial charge in [0, 0.05) is 12.8 Å². The second kappa shape index (κ2) is 39.6. The Hall–Kier alpha value is -2.22. The van der Waals surface area contributed by atoms with E-state index < -0.39 is 72.3 Å². The number of hydrogen-bond acceptors (Lipinski definition) is 11. The Morgan fingerprint density at radius 3 is 1.75 bits per heavy atom. The molecular formula is C44H78O14P2. The molecule has 0 saturated heterocycles. The molecule has 4 atom stereocenters. The molecule has 1 unspecified atom stereocenters. The van der Waals surface area contributed by atoms with Gasteiger partial charge >= 0.3 is 27.6 Å². The third-order valence-electron chi connectivity index (χ3n) is 8.95. The molecule has 0 aromatic rings. The summed E-state index contributed by atoms with van der Waals surface area (Å²) in [5.74, 6) is -1.15. The fourth-order valence-corrected chi connectivity index (χ4v) is 6.69. The van der Waals surface area contributed by atoms with Crippen LogP contribution in [-0.4, -0.2) is 81.6 Å². The number of aliphatic hydroxyl groups excluding tert-OH is 2. The molecule has 0 rings (SSSR count). The molecule has 14 nitrogen and oxygen atoms in total. The zero-order chi connectivity index (χ0) is 44.6. The highest BCUT2D eigenvalue weighted by atomic mass is 31.2. The number of phosphoric acid groups is 2. The number of aliphatic hydroxyl groups is 2. The standard InChI is InChI=1S/C44H78O14P2/c1-3-5-7-9-11-12-13-14-15-16-17-18-22-26-30-34-43(47)54-38-42(39-57-60(52,53)56-37-41(46)36-55-59(49,50)51)58-44(48)35-31-27-23-19-21-25-29-33-40(45)32-28-24-20-10-8-6-4-2/h14-15,19-20,23-25,28-29,32,40-42,45-46H,3-13,16-18,21-22,26-27,30-31,33-39H2,1-2H3,(H,52,53)(H2,49,50,51)/b15-14-,23-19+,24-20-,29-25-,32-28-/t40-,41-,42+/m0/s1. The molecule has 0 spiro atoms. The summed E-state index contributed by atoms with van der Waals surface area (Å²) >= 11 is 0. The largest absolute Gasteiger partial charge is 0.472 e. The summed E-state index contributed by atoms with van der Waals surface area (Å²) in [6.45, 7) is 1.56. The Balaban J connectivity index is 4.69. The molecule has 0 amide bonds. The molecule has 0 radical (unpaired) electrons. The van der Waals surface area contributed by atoms with E-state index >= 15 is 0 Å². The van der Waals surface area contributed by atoms with Gasteiger partial charge in [-0.25, -0.2) is 9.13 Å². The maximum atomic E-state index is 12.6. The minimum atomic E-state index is -4.88. The minimum absolute atomic E-state index is 0.0180. The monoisotopic (exact) mass is 892 g/mol. The molecular weight excluding hydrogens is 814 g/mol. The van der Waals surface area contributed by atoms with Crippen molar-refractivity contribution in [1.29, 1.82) is 0 Å². The van der Waals surface area contributed by atoms with E-state index in [1.54, 1.807) is 6.08 Å². The van der Waals surface area contributed by atoms with E-state index in [0.717, 1.165) is 44.9 Å². The van der Waals surface area contributed by atoms with E-state index in [1.165, 1.54) is 57.8 Å². The average molecular weight is 893 g/mol. The van der Waals surface area contributed by atoms with Crippen molar-refractivity contribution in [2.24, 2.45) is 0 Å². The van der Waals surface area contributed by atoms with Gasteiger partial charge in [-0.2, -0.15) is 0 Å². The fourth-order valence-electron chi connectivity index (χ4n) is 5.53. The number of unbranched alkanes of at least 4 members (excludes halogenated alkanes) is 15. The van der Waals surface area contributed by atoms with Crippen LogP contribution in [-0.2, 0) is 41.8 Å². The number of hydrogen-bond donors (Lipinski definition) is 5. The Labute approximate surface area is 360 Å². The van der Waals surface area contributed by atoms with Gasteiger partial charge in [-0.15, -0.1) is 0 Å². The third kappa shape index (κ3) is 42.5. The number of carbonyl (C=O) groups is 2. The first-order chi connectivity index (χ1) is 28.8. The van der Waals surface area contributed by atoms with Crippen LogP contribution in [0, 0.1) is 0 Å². The van der Waals surface area contributed by atoms with Crippen molar-refractivity contribution < 1.29 is 66.7 Å². The summed E-state index contributed by atoms with van der Waals surface area (Å²) in [6, 6.07) is 0. The van der Waals surface area contributed by atoms with Crippen molar-refractivity contribution >= 4 is 27.6 Å². The molecule has 0 aliphatic rings. The van der Waals surface area contributed by atoms with Crippen molar-refractivity contribution in [1.82, 2.24) is 0 Å².